The fourth-order valence-electron chi connectivity index (χ4n) is 2.21. The first-order valence-corrected chi connectivity index (χ1v) is 6.88. The smallest absolute Gasteiger partial charge is 0.320 e. The van der Waals surface area contributed by atoms with Gasteiger partial charge in [0.2, 0.25) is 5.91 Å². The first kappa shape index (κ1) is 14.0. The Morgan fingerprint density at radius 2 is 2.05 bits per heavy atom. The largest absolute Gasteiger partial charge is 0.480 e. The lowest BCUT2D eigenvalue weighted by atomic mass is 10.2. The van der Waals surface area contributed by atoms with Gasteiger partial charge in [0.25, 0.3) is 0 Å². The first-order valence-electron chi connectivity index (χ1n) is 6.08. The summed E-state index contributed by atoms with van der Waals surface area (Å²) in [5.74, 6) is -1.04. The Kier molecular flexibility index (Phi) is 4.55. The fourth-order valence-corrected chi connectivity index (χ4v) is 2.48. The molecule has 1 aromatic rings. The minimum absolute atomic E-state index is 0.118. The molecular weight excluding hydrogens is 312 g/mol. The monoisotopic (exact) mass is 326 g/mol. The van der Waals surface area contributed by atoms with E-state index >= 15 is 0 Å². The minimum atomic E-state index is -0.853. The molecule has 2 N–H and O–H groups in total. The van der Waals surface area contributed by atoms with Gasteiger partial charge in [-0.25, -0.2) is 0 Å². The molecular formula is C13H15BrN2O3. The number of carbonyl (C=O) groups is 2. The maximum Gasteiger partial charge on any atom is 0.320 e. The summed E-state index contributed by atoms with van der Waals surface area (Å²) in [6.45, 7) is 0.776. The topological polar surface area (TPSA) is 69.6 Å². The van der Waals surface area contributed by atoms with Crippen LogP contribution in [0.3, 0.4) is 0 Å². The normalized spacial score (nSPS) is 19.3. The molecule has 0 saturated carbocycles. The number of hydrogen-bond donors (Lipinski definition) is 2. The highest BCUT2D eigenvalue weighted by molar-refractivity contribution is 9.10. The third-order valence-corrected chi connectivity index (χ3v) is 3.65. The SMILES string of the molecule is O=C(CN1CCC[C@H]1C(=O)O)Nc1ccc(Br)cc1. The van der Waals surface area contributed by atoms with E-state index in [0.717, 1.165) is 10.9 Å². The number of aliphatic carboxylic acids is 1. The van der Waals surface area contributed by atoms with Crippen LogP contribution in [-0.2, 0) is 9.59 Å². The fraction of sp³-hybridized carbons (Fsp3) is 0.385. The molecule has 1 aromatic carbocycles. The third-order valence-electron chi connectivity index (χ3n) is 3.12. The van der Waals surface area contributed by atoms with Crippen molar-refractivity contribution < 1.29 is 14.7 Å². The lowest BCUT2D eigenvalue weighted by molar-refractivity contribution is -0.142. The van der Waals surface area contributed by atoms with Gasteiger partial charge in [-0.15, -0.1) is 0 Å². The van der Waals surface area contributed by atoms with Crippen molar-refractivity contribution in [2.24, 2.45) is 0 Å². The zero-order valence-electron chi connectivity index (χ0n) is 10.3. The number of amides is 1. The van der Waals surface area contributed by atoms with Crippen LogP contribution in [0.2, 0.25) is 0 Å². The maximum absolute atomic E-state index is 11.9. The average Bonchev–Trinajstić information content (AvgIpc) is 2.80. The molecule has 1 aliphatic rings. The van der Waals surface area contributed by atoms with E-state index in [-0.39, 0.29) is 12.5 Å². The van der Waals surface area contributed by atoms with Gasteiger partial charge >= 0.3 is 5.97 Å². The van der Waals surface area contributed by atoms with Gasteiger partial charge in [-0.1, -0.05) is 15.9 Å². The second kappa shape index (κ2) is 6.16. The number of likely N-dealkylation sites (tertiary alicyclic amines) is 1. The average molecular weight is 327 g/mol. The molecule has 1 amide bonds. The number of carboxylic acid groups (broad SMARTS) is 1. The first-order chi connectivity index (χ1) is 9.06. The zero-order valence-corrected chi connectivity index (χ0v) is 11.9. The molecule has 0 radical (unpaired) electrons. The van der Waals surface area contributed by atoms with Crippen molar-refractivity contribution in [1.29, 1.82) is 0 Å². The second-order valence-corrected chi connectivity index (χ2v) is 5.44. The van der Waals surface area contributed by atoms with Crippen LogP contribution in [0, 0.1) is 0 Å². The summed E-state index contributed by atoms with van der Waals surface area (Å²) in [7, 11) is 0. The van der Waals surface area contributed by atoms with Crippen LogP contribution in [0.15, 0.2) is 28.7 Å². The maximum atomic E-state index is 11.9. The summed E-state index contributed by atoms with van der Waals surface area (Å²) in [5.41, 5.74) is 0.708. The molecule has 0 unspecified atom stereocenters. The van der Waals surface area contributed by atoms with Crippen LogP contribution in [0.1, 0.15) is 12.8 Å². The summed E-state index contributed by atoms with van der Waals surface area (Å²) >= 11 is 3.32. The molecule has 1 atom stereocenters. The third kappa shape index (κ3) is 3.78. The van der Waals surface area contributed by atoms with Crippen LogP contribution in [0.5, 0.6) is 0 Å². The Morgan fingerprint density at radius 3 is 2.68 bits per heavy atom. The predicted octanol–water partition coefficient (Wildman–Crippen LogP) is 1.94. The van der Waals surface area contributed by atoms with E-state index in [9.17, 15) is 9.59 Å². The number of carbonyl (C=O) groups excluding carboxylic acids is 1. The van der Waals surface area contributed by atoms with E-state index in [1.807, 2.05) is 12.1 Å². The number of anilines is 1. The number of halogens is 1. The molecule has 19 heavy (non-hydrogen) atoms. The Balaban J connectivity index is 1.90. The molecule has 0 aliphatic carbocycles. The van der Waals surface area contributed by atoms with Crippen molar-refractivity contribution in [3.63, 3.8) is 0 Å². The van der Waals surface area contributed by atoms with E-state index in [1.54, 1.807) is 17.0 Å². The van der Waals surface area contributed by atoms with Crippen LogP contribution in [0.25, 0.3) is 0 Å². The van der Waals surface area contributed by atoms with Gasteiger partial charge in [0.05, 0.1) is 6.54 Å². The predicted molar refractivity (Wildman–Crippen MR) is 75.0 cm³/mol. The van der Waals surface area contributed by atoms with Crippen LogP contribution < -0.4 is 5.32 Å². The molecule has 5 nitrogen and oxygen atoms in total. The highest BCUT2D eigenvalue weighted by Gasteiger charge is 2.31. The Morgan fingerprint density at radius 1 is 1.37 bits per heavy atom. The van der Waals surface area contributed by atoms with E-state index < -0.39 is 12.0 Å². The number of hydrogen-bond acceptors (Lipinski definition) is 3. The van der Waals surface area contributed by atoms with E-state index in [1.165, 1.54) is 0 Å². The molecule has 1 saturated heterocycles. The number of nitrogens with one attached hydrogen (secondary N) is 1. The van der Waals surface area contributed by atoms with Gasteiger partial charge in [0.1, 0.15) is 6.04 Å². The molecule has 1 heterocycles. The molecule has 1 aliphatic heterocycles. The molecule has 0 bridgehead atoms. The number of nitrogens with zero attached hydrogens (tertiary/aromatic N) is 1. The van der Waals surface area contributed by atoms with Gasteiger partial charge in [-0.3, -0.25) is 14.5 Å². The second-order valence-electron chi connectivity index (χ2n) is 4.52. The van der Waals surface area contributed by atoms with Gasteiger partial charge in [-0.2, -0.15) is 0 Å². The molecule has 1 fully saturated rings. The van der Waals surface area contributed by atoms with Gasteiger partial charge < -0.3 is 10.4 Å². The van der Waals surface area contributed by atoms with Crippen LogP contribution in [-0.4, -0.2) is 41.0 Å². The van der Waals surface area contributed by atoms with Crippen LogP contribution >= 0.6 is 15.9 Å². The Bertz CT molecular complexity index is 475. The molecule has 2 rings (SSSR count). The lowest BCUT2D eigenvalue weighted by Gasteiger charge is -2.20. The van der Waals surface area contributed by atoms with Crippen molar-refractivity contribution >= 4 is 33.5 Å². The molecule has 0 aromatic heterocycles. The van der Waals surface area contributed by atoms with Gasteiger partial charge in [0, 0.05) is 10.2 Å². The van der Waals surface area contributed by atoms with Crippen molar-refractivity contribution in [3.8, 4) is 0 Å². The highest BCUT2D eigenvalue weighted by atomic mass is 79.9. The molecule has 0 spiro atoms. The van der Waals surface area contributed by atoms with Crippen molar-refractivity contribution in [3.05, 3.63) is 28.7 Å². The Labute approximate surface area is 119 Å². The van der Waals surface area contributed by atoms with E-state index in [0.29, 0.717) is 18.7 Å². The highest BCUT2D eigenvalue weighted by Crippen LogP contribution is 2.18. The number of rotatable bonds is 4. The molecule has 6 heteroatoms. The lowest BCUT2D eigenvalue weighted by Crippen LogP contribution is -2.40. The number of benzene rings is 1. The Hall–Kier alpha value is -1.40. The summed E-state index contributed by atoms with van der Waals surface area (Å²) in [6, 6.07) is 6.73. The van der Waals surface area contributed by atoms with Gasteiger partial charge in [-0.05, 0) is 43.7 Å². The van der Waals surface area contributed by atoms with E-state index in [4.69, 9.17) is 5.11 Å². The van der Waals surface area contributed by atoms with Crippen molar-refractivity contribution in [2.75, 3.05) is 18.4 Å². The van der Waals surface area contributed by atoms with Gasteiger partial charge in [0.15, 0.2) is 0 Å². The quantitative estimate of drug-likeness (QED) is 0.887. The summed E-state index contributed by atoms with van der Waals surface area (Å²) in [5, 5.41) is 11.8. The number of carboxylic acids is 1. The summed E-state index contributed by atoms with van der Waals surface area (Å²) in [6.07, 6.45) is 1.43. The van der Waals surface area contributed by atoms with Crippen LogP contribution in [0.4, 0.5) is 5.69 Å². The minimum Gasteiger partial charge on any atom is -0.480 e. The summed E-state index contributed by atoms with van der Waals surface area (Å²) in [4.78, 5) is 24.6. The summed E-state index contributed by atoms with van der Waals surface area (Å²) < 4.78 is 0.941. The standard InChI is InChI=1S/C13H15BrN2O3/c14-9-3-5-10(6-4-9)15-12(17)8-16-7-1-2-11(16)13(18)19/h3-6,11H,1-2,7-8H2,(H,15,17)(H,18,19)/t11-/m0/s1. The molecule has 102 valence electrons. The van der Waals surface area contributed by atoms with Crippen molar-refractivity contribution in [2.45, 2.75) is 18.9 Å². The zero-order chi connectivity index (χ0) is 13.8. The van der Waals surface area contributed by atoms with E-state index in [2.05, 4.69) is 21.2 Å². The van der Waals surface area contributed by atoms with Crippen molar-refractivity contribution in [1.82, 2.24) is 4.90 Å².